The molecule has 6 aliphatic carbocycles. The predicted octanol–water partition coefficient (Wildman–Crippen LogP) is 18.5. The molecule has 0 saturated heterocycles. The van der Waals surface area contributed by atoms with Crippen LogP contribution < -0.4 is 0 Å². The molecule has 4 atom stereocenters. The topological polar surface area (TPSA) is 92.3 Å². The monoisotopic (exact) mass is 1090 g/mol. The lowest BCUT2D eigenvalue weighted by Gasteiger charge is -2.35. The van der Waals surface area contributed by atoms with Crippen LogP contribution in [0, 0.1) is 23.7 Å². The van der Waals surface area contributed by atoms with Gasteiger partial charge in [-0.1, -0.05) is 80.1 Å². The Morgan fingerprint density at radius 2 is 0.961 bits per heavy atom. The van der Waals surface area contributed by atoms with Gasteiger partial charge in [-0.3, -0.25) is 0 Å². The number of hydrogen-bond donors (Lipinski definition) is 0. The molecule has 0 aromatic heterocycles. The first kappa shape index (κ1) is 82.1. The van der Waals surface area contributed by atoms with Gasteiger partial charge in [-0.05, 0) is 222 Å². The van der Waals surface area contributed by atoms with E-state index < -0.39 is 0 Å². The van der Waals surface area contributed by atoms with Crippen molar-refractivity contribution in [3.05, 3.63) is 0 Å². The van der Waals surface area contributed by atoms with E-state index in [0.29, 0.717) is 36.1 Å². The maximum Gasteiger partial charge on any atom is 0.0681 e. The van der Waals surface area contributed by atoms with E-state index in [9.17, 15) is 0 Å². The third kappa shape index (κ3) is 42.4. The lowest BCUT2D eigenvalue weighted by Crippen LogP contribution is -2.34. The molecule has 10 heteroatoms. The summed E-state index contributed by atoms with van der Waals surface area (Å²) in [5.41, 5.74) is 0.713. The second-order valence-corrected chi connectivity index (χ2v) is 25.0. The molecule has 0 N–H and O–H groups in total. The maximum atomic E-state index is 5.49. The van der Waals surface area contributed by atoms with Crippen LogP contribution in [0.5, 0.6) is 0 Å². The van der Waals surface area contributed by atoms with Crippen molar-refractivity contribution in [3.63, 3.8) is 0 Å². The minimum Gasteiger partial charge on any atom is -0.382 e. The lowest BCUT2D eigenvalue weighted by atomic mass is 9.79. The summed E-state index contributed by atoms with van der Waals surface area (Å²) < 4.78 is 51.5. The van der Waals surface area contributed by atoms with Crippen LogP contribution in [-0.4, -0.2) is 130 Å². The fraction of sp³-hybridized carbons (Fsp3) is 1.00. The summed E-state index contributed by atoms with van der Waals surface area (Å²) in [7, 11) is 17.8. The van der Waals surface area contributed by atoms with Crippen molar-refractivity contribution in [1.82, 2.24) is 0 Å². The van der Waals surface area contributed by atoms with E-state index in [0.717, 1.165) is 62.2 Å². The van der Waals surface area contributed by atoms with Gasteiger partial charge in [0.25, 0.3) is 0 Å². The van der Waals surface area contributed by atoms with Gasteiger partial charge >= 0.3 is 0 Å². The smallest absolute Gasteiger partial charge is 0.0681 e. The van der Waals surface area contributed by atoms with Gasteiger partial charge in [0.15, 0.2) is 0 Å². The van der Waals surface area contributed by atoms with Crippen molar-refractivity contribution in [2.75, 3.05) is 71.1 Å². The molecule has 464 valence electrons. The van der Waals surface area contributed by atoms with Crippen molar-refractivity contribution in [3.8, 4) is 0 Å². The third-order valence-corrected chi connectivity index (χ3v) is 17.8. The summed E-state index contributed by atoms with van der Waals surface area (Å²) >= 11 is 0. The highest BCUT2D eigenvalue weighted by Crippen LogP contribution is 2.49. The van der Waals surface area contributed by atoms with Gasteiger partial charge in [-0.2, -0.15) is 0 Å². The molecule has 6 rings (SSSR count). The molecule has 0 radical (unpaired) electrons. The molecular weight excluding hydrogens is 953 g/mol. The molecule has 4 bridgehead atoms. The molecule has 0 heterocycles. The number of fused-ring (bicyclic) bond motifs is 4. The highest BCUT2D eigenvalue weighted by Gasteiger charge is 2.45. The van der Waals surface area contributed by atoms with E-state index in [2.05, 4.69) is 83.1 Å². The van der Waals surface area contributed by atoms with Gasteiger partial charge in [0.2, 0.25) is 0 Å². The summed E-state index contributed by atoms with van der Waals surface area (Å²) in [4.78, 5) is 0. The minimum absolute atomic E-state index is 0.0417. The van der Waals surface area contributed by atoms with E-state index in [4.69, 9.17) is 47.4 Å². The largest absolute Gasteiger partial charge is 0.382 e. The molecule has 0 aliphatic heterocycles. The van der Waals surface area contributed by atoms with Crippen LogP contribution in [0.15, 0.2) is 0 Å². The summed E-state index contributed by atoms with van der Waals surface area (Å²) in [6, 6.07) is 0. The van der Waals surface area contributed by atoms with Gasteiger partial charge in [0.1, 0.15) is 0 Å². The van der Waals surface area contributed by atoms with Crippen LogP contribution in [-0.2, 0) is 47.4 Å². The Bertz CT molecular complexity index is 1170. The zero-order valence-corrected chi connectivity index (χ0v) is 56.5. The van der Waals surface area contributed by atoms with E-state index in [-0.39, 0.29) is 22.4 Å². The molecule has 6 fully saturated rings. The molecular formula is C66H140O10. The van der Waals surface area contributed by atoms with Crippen LogP contribution in [0.25, 0.3) is 0 Å². The molecule has 0 amide bonds. The fourth-order valence-corrected chi connectivity index (χ4v) is 9.64. The SMILES string of the molecule is CCC(C)(C)OC.CCC(C)(CC)OC.CCC(C)OC.CCC(CC)OC.COC(C)(C)C.COC(C)(C)C1CCCCC1.COC(C)C.COC12CCC(CC1)C2.COC1CC2CCC1C2.COC1CCCCC1. The summed E-state index contributed by atoms with van der Waals surface area (Å²) in [5, 5.41) is 0. The van der Waals surface area contributed by atoms with Gasteiger partial charge < -0.3 is 47.4 Å². The molecule has 6 saturated carbocycles. The van der Waals surface area contributed by atoms with E-state index >= 15 is 0 Å². The Labute approximate surface area is 477 Å². The molecule has 0 aromatic carbocycles. The van der Waals surface area contributed by atoms with Crippen molar-refractivity contribution in [1.29, 1.82) is 0 Å². The van der Waals surface area contributed by atoms with Crippen LogP contribution >= 0.6 is 0 Å². The second-order valence-electron chi connectivity index (χ2n) is 25.0. The molecule has 4 unspecified atom stereocenters. The maximum absolute atomic E-state index is 5.49. The average molecular weight is 1090 g/mol. The van der Waals surface area contributed by atoms with Gasteiger partial charge in [-0.15, -0.1) is 0 Å². The van der Waals surface area contributed by atoms with E-state index in [1.54, 1.807) is 42.7 Å². The van der Waals surface area contributed by atoms with Crippen LogP contribution in [0.3, 0.4) is 0 Å². The average Bonchev–Trinajstić information content (AvgIpc) is 4.29. The second kappa shape index (κ2) is 48.2. The zero-order valence-electron chi connectivity index (χ0n) is 56.5. The Morgan fingerprint density at radius 1 is 0.474 bits per heavy atom. The normalized spacial score (nSPS) is 23.2. The van der Waals surface area contributed by atoms with Crippen LogP contribution in [0.4, 0.5) is 0 Å². The van der Waals surface area contributed by atoms with Crippen LogP contribution in [0.1, 0.15) is 278 Å². The molecule has 10 nitrogen and oxygen atoms in total. The number of methoxy groups -OCH3 is 10. The lowest BCUT2D eigenvalue weighted by molar-refractivity contribution is -0.0399. The van der Waals surface area contributed by atoms with E-state index in [1.807, 2.05) is 63.1 Å². The highest BCUT2D eigenvalue weighted by molar-refractivity contribution is 4.97. The fourth-order valence-electron chi connectivity index (χ4n) is 9.64. The van der Waals surface area contributed by atoms with Crippen molar-refractivity contribution in [2.24, 2.45) is 23.7 Å². The van der Waals surface area contributed by atoms with Crippen molar-refractivity contribution >= 4 is 0 Å². The molecule has 6 aliphatic rings. The van der Waals surface area contributed by atoms with Gasteiger partial charge in [-0.25, -0.2) is 0 Å². The summed E-state index contributed by atoms with van der Waals surface area (Å²) in [6.07, 6.45) is 35.4. The van der Waals surface area contributed by atoms with Gasteiger partial charge in [0.05, 0.1) is 58.5 Å². The molecule has 76 heavy (non-hydrogen) atoms. The van der Waals surface area contributed by atoms with Crippen molar-refractivity contribution < 1.29 is 47.4 Å². The Balaban J connectivity index is -0.000000382. The zero-order chi connectivity index (χ0) is 59.4. The predicted molar refractivity (Wildman–Crippen MR) is 329 cm³/mol. The molecule has 0 spiro atoms. The summed E-state index contributed by atoms with van der Waals surface area (Å²) in [5.74, 6) is 3.77. The number of hydrogen-bond acceptors (Lipinski definition) is 10. The summed E-state index contributed by atoms with van der Waals surface area (Å²) in [6.45, 7) is 35.6. The standard InChI is InChI=1S/C10H20O.2C8H14O.C7H14O.C7H16O.2C6H14O.2C5H12O.C4H10O/c1-10(2,11-3)9-7-5-4-6-8-9;1-9-8-4-2-7(6-8)3-5-8;1-9-8-5-6-2-3-7(8)4-6;1-8-7-5-3-2-4-6-7;1-5-7(3,6-2)8-4;1-5-6(2,3)7-4;1-4-6(5-2)7-3;1-5(2,3)6-4;1-4-5(2)6-3;1-4(2)5-3/h9H,4-8H2,1-3H3;7H,2-6H2,1H3;6-8H,2-5H2,1H3;7H,2-6H2,1H3;5-6H2,1-4H3;5H2,1-4H3;6H,4-5H2,1-3H3;1-4H3;5H,4H2,1-3H3;4H,1-3H3. The quantitative estimate of drug-likeness (QED) is 0.149. The van der Waals surface area contributed by atoms with E-state index in [1.165, 1.54) is 122 Å². The number of ether oxygens (including phenoxy) is 10. The Kier molecular flexibility index (Phi) is 52.0. The molecule has 0 aromatic rings. The first-order chi connectivity index (χ1) is 35.6. The minimum atomic E-state index is 0.0417. The first-order valence-corrected chi connectivity index (χ1v) is 31.0. The Morgan fingerprint density at radius 3 is 1.12 bits per heavy atom. The Hall–Kier alpha value is -0.400. The van der Waals surface area contributed by atoms with Crippen molar-refractivity contribution in [2.45, 2.75) is 337 Å². The third-order valence-electron chi connectivity index (χ3n) is 17.8. The first-order valence-electron chi connectivity index (χ1n) is 31.0. The van der Waals surface area contributed by atoms with Crippen LogP contribution in [0.2, 0.25) is 0 Å². The van der Waals surface area contributed by atoms with Gasteiger partial charge in [0, 0.05) is 71.1 Å². The number of rotatable bonds is 16. The highest BCUT2D eigenvalue weighted by atomic mass is 16.5.